The number of anilines is 2. The molecule has 0 bridgehead atoms. The van der Waals surface area contributed by atoms with E-state index in [2.05, 4.69) is 11.8 Å². The number of benzene rings is 1. The Hall–Kier alpha value is -0.540. The molecule has 1 heterocycles. The minimum atomic E-state index is 0.661. The van der Waals surface area contributed by atoms with Gasteiger partial charge in [0.2, 0.25) is 0 Å². The average Bonchev–Trinajstić information content (AvgIpc) is 2.25. The van der Waals surface area contributed by atoms with Crippen molar-refractivity contribution >= 4 is 34.7 Å². The Morgan fingerprint density at radius 2 is 2.00 bits per heavy atom. The van der Waals surface area contributed by atoms with E-state index in [9.17, 15) is 0 Å². The lowest BCUT2D eigenvalue weighted by atomic mass is 10.1. The normalized spacial score (nSPS) is 16.8. The lowest BCUT2D eigenvalue weighted by molar-refractivity contribution is 0.854. The highest BCUT2D eigenvalue weighted by Crippen LogP contribution is 2.30. The number of hydrogen-bond acceptors (Lipinski definition) is 3. The molecule has 0 radical (unpaired) electrons. The van der Waals surface area contributed by atoms with Crippen LogP contribution < -0.4 is 10.6 Å². The van der Waals surface area contributed by atoms with Crippen LogP contribution >= 0.6 is 23.4 Å². The van der Waals surface area contributed by atoms with Gasteiger partial charge in [-0.15, -0.1) is 0 Å². The molecule has 2 rings (SSSR count). The second-order valence-corrected chi connectivity index (χ2v) is 5.39. The first-order chi connectivity index (χ1) is 7.18. The molecule has 0 unspecified atom stereocenters. The number of nitrogens with two attached hydrogens (primary N) is 1. The molecule has 0 aromatic heterocycles. The molecule has 2 nitrogen and oxygen atoms in total. The van der Waals surface area contributed by atoms with Crippen molar-refractivity contribution in [3.8, 4) is 0 Å². The SMILES string of the molecule is Cc1cc(N)c(Cl)cc1N1CCSCC1. The van der Waals surface area contributed by atoms with Gasteiger partial charge in [-0.05, 0) is 24.6 Å². The molecule has 4 heteroatoms. The molecular formula is C11H15ClN2S. The molecule has 2 N–H and O–H groups in total. The van der Waals surface area contributed by atoms with Gasteiger partial charge in [0.15, 0.2) is 0 Å². The maximum atomic E-state index is 6.05. The zero-order chi connectivity index (χ0) is 10.8. The van der Waals surface area contributed by atoms with Crippen molar-refractivity contribution in [3.63, 3.8) is 0 Å². The zero-order valence-corrected chi connectivity index (χ0v) is 10.4. The largest absolute Gasteiger partial charge is 0.398 e. The predicted molar refractivity (Wildman–Crippen MR) is 70.1 cm³/mol. The van der Waals surface area contributed by atoms with Crippen LogP contribution in [-0.2, 0) is 0 Å². The highest BCUT2D eigenvalue weighted by Gasteiger charge is 2.14. The third-order valence-electron chi connectivity index (χ3n) is 2.67. The van der Waals surface area contributed by atoms with Crippen LogP contribution in [0, 0.1) is 6.92 Å². The van der Waals surface area contributed by atoms with Crippen molar-refractivity contribution in [3.05, 3.63) is 22.7 Å². The molecule has 1 fully saturated rings. The molecule has 1 aliphatic rings. The van der Waals surface area contributed by atoms with Crippen LogP contribution in [0.25, 0.3) is 0 Å². The number of thioether (sulfide) groups is 1. The van der Waals surface area contributed by atoms with Crippen LogP contribution in [0.4, 0.5) is 11.4 Å². The fraction of sp³-hybridized carbons (Fsp3) is 0.455. The van der Waals surface area contributed by atoms with Crippen LogP contribution in [0.5, 0.6) is 0 Å². The van der Waals surface area contributed by atoms with Crippen molar-refractivity contribution in [2.75, 3.05) is 35.2 Å². The molecule has 0 aliphatic carbocycles. The van der Waals surface area contributed by atoms with E-state index in [0.717, 1.165) is 13.1 Å². The highest BCUT2D eigenvalue weighted by atomic mass is 35.5. The first kappa shape index (κ1) is 11.0. The average molecular weight is 243 g/mol. The van der Waals surface area contributed by atoms with Crippen molar-refractivity contribution in [2.45, 2.75) is 6.92 Å². The predicted octanol–water partition coefficient (Wildman–Crippen LogP) is 2.78. The number of nitrogen functional groups attached to an aromatic ring is 1. The van der Waals surface area contributed by atoms with Crippen molar-refractivity contribution in [1.82, 2.24) is 0 Å². The summed E-state index contributed by atoms with van der Waals surface area (Å²) in [5.74, 6) is 2.39. The summed E-state index contributed by atoms with van der Waals surface area (Å²) in [4.78, 5) is 2.39. The second-order valence-electron chi connectivity index (χ2n) is 3.76. The summed E-state index contributed by atoms with van der Waals surface area (Å²) in [6.07, 6.45) is 0. The van der Waals surface area contributed by atoms with Crippen LogP contribution in [0.15, 0.2) is 12.1 Å². The molecule has 1 aromatic carbocycles. The van der Waals surface area contributed by atoms with Gasteiger partial charge in [0.05, 0.1) is 10.7 Å². The molecule has 1 saturated heterocycles. The minimum Gasteiger partial charge on any atom is -0.398 e. The molecule has 0 spiro atoms. The Kier molecular flexibility index (Phi) is 3.32. The Balaban J connectivity index is 2.30. The quantitative estimate of drug-likeness (QED) is 0.768. The molecule has 1 aromatic rings. The molecule has 1 aliphatic heterocycles. The second kappa shape index (κ2) is 4.54. The van der Waals surface area contributed by atoms with Gasteiger partial charge in [0, 0.05) is 30.3 Å². The summed E-state index contributed by atoms with van der Waals surface area (Å²) in [7, 11) is 0. The van der Waals surface area contributed by atoms with E-state index < -0.39 is 0 Å². The minimum absolute atomic E-state index is 0.661. The van der Waals surface area contributed by atoms with Gasteiger partial charge in [-0.25, -0.2) is 0 Å². The Labute approximate surface area is 99.8 Å². The summed E-state index contributed by atoms with van der Waals surface area (Å²) < 4.78 is 0. The van der Waals surface area contributed by atoms with E-state index in [4.69, 9.17) is 17.3 Å². The van der Waals surface area contributed by atoms with Crippen LogP contribution in [-0.4, -0.2) is 24.6 Å². The Morgan fingerprint density at radius 1 is 1.33 bits per heavy atom. The van der Waals surface area contributed by atoms with Crippen molar-refractivity contribution in [1.29, 1.82) is 0 Å². The molecule has 15 heavy (non-hydrogen) atoms. The summed E-state index contributed by atoms with van der Waals surface area (Å²) in [5.41, 5.74) is 8.88. The molecule has 0 atom stereocenters. The summed E-state index contributed by atoms with van der Waals surface area (Å²) in [6.45, 7) is 4.29. The van der Waals surface area contributed by atoms with E-state index >= 15 is 0 Å². The first-order valence-electron chi connectivity index (χ1n) is 5.07. The summed E-state index contributed by atoms with van der Waals surface area (Å²) >= 11 is 8.06. The monoisotopic (exact) mass is 242 g/mol. The molecular weight excluding hydrogens is 228 g/mol. The van der Waals surface area contributed by atoms with Gasteiger partial charge in [-0.2, -0.15) is 11.8 Å². The maximum Gasteiger partial charge on any atom is 0.0656 e. The molecule has 82 valence electrons. The number of rotatable bonds is 1. The Bertz CT molecular complexity index is 362. The Morgan fingerprint density at radius 3 is 2.67 bits per heavy atom. The third-order valence-corrected chi connectivity index (χ3v) is 3.94. The third kappa shape index (κ3) is 2.34. The maximum absolute atomic E-state index is 6.05. The summed E-state index contributed by atoms with van der Waals surface area (Å²) in [6, 6.07) is 3.95. The van der Waals surface area contributed by atoms with Crippen molar-refractivity contribution < 1.29 is 0 Å². The first-order valence-corrected chi connectivity index (χ1v) is 6.60. The number of aryl methyl sites for hydroxylation is 1. The van der Waals surface area contributed by atoms with Gasteiger partial charge in [-0.3, -0.25) is 0 Å². The van der Waals surface area contributed by atoms with Crippen LogP contribution in [0.3, 0.4) is 0 Å². The summed E-state index contributed by atoms with van der Waals surface area (Å²) in [5, 5.41) is 0.661. The lowest BCUT2D eigenvalue weighted by Gasteiger charge is -2.30. The fourth-order valence-electron chi connectivity index (χ4n) is 1.84. The topological polar surface area (TPSA) is 29.3 Å². The van der Waals surface area contributed by atoms with E-state index in [-0.39, 0.29) is 0 Å². The van der Waals surface area contributed by atoms with E-state index in [1.54, 1.807) is 0 Å². The van der Waals surface area contributed by atoms with Crippen molar-refractivity contribution in [2.24, 2.45) is 0 Å². The van der Waals surface area contributed by atoms with Gasteiger partial charge >= 0.3 is 0 Å². The van der Waals surface area contributed by atoms with Gasteiger partial charge in [0.1, 0.15) is 0 Å². The van der Waals surface area contributed by atoms with Gasteiger partial charge < -0.3 is 10.6 Å². The van der Waals surface area contributed by atoms with Gasteiger partial charge in [0.25, 0.3) is 0 Å². The van der Waals surface area contributed by atoms with E-state index in [1.807, 2.05) is 23.9 Å². The fourth-order valence-corrected chi connectivity index (χ4v) is 2.90. The van der Waals surface area contributed by atoms with Crippen LogP contribution in [0.2, 0.25) is 5.02 Å². The van der Waals surface area contributed by atoms with E-state index in [1.165, 1.54) is 22.8 Å². The molecule has 0 saturated carbocycles. The number of halogens is 1. The van der Waals surface area contributed by atoms with E-state index in [0.29, 0.717) is 10.7 Å². The molecule has 0 amide bonds. The van der Waals surface area contributed by atoms with Crippen LogP contribution in [0.1, 0.15) is 5.56 Å². The highest BCUT2D eigenvalue weighted by molar-refractivity contribution is 7.99. The lowest BCUT2D eigenvalue weighted by Crippen LogP contribution is -2.32. The van der Waals surface area contributed by atoms with Gasteiger partial charge in [-0.1, -0.05) is 11.6 Å². The standard InChI is InChI=1S/C11H15ClN2S/c1-8-6-10(13)9(12)7-11(8)14-2-4-15-5-3-14/h6-7H,2-5,13H2,1H3. The smallest absolute Gasteiger partial charge is 0.0656 e. The zero-order valence-electron chi connectivity index (χ0n) is 8.79. The number of nitrogens with zero attached hydrogens (tertiary/aromatic N) is 1. The number of hydrogen-bond donors (Lipinski definition) is 1.